The van der Waals surface area contributed by atoms with Gasteiger partial charge in [-0.05, 0) is 24.6 Å². The van der Waals surface area contributed by atoms with Crippen molar-refractivity contribution < 1.29 is 4.39 Å². The highest BCUT2D eigenvalue weighted by molar-refractivity contribution is 6.32. The van der Waals surface area contributed by atoms with Crippen LogP contribution in [0.2, 0.25) is 5.02 Å². The van der Waals surface area contributed by atoms with Crippen LogP contribution in [0.15, 0.2) is 18.2 Å². The lowest BCUT2D eigenvalue weighted by atomic mass is 10.1. The van der Waals surface area contributed by atoms with Crippen LogP contribution in [0.25, 0.3) is 6.08 Å². The zero-order valence-corrected chi connectivity index (χ0v) is 8.39. The average Bonchev–Trinajstić information content (AvgIpc) is 2.18. The van der Waals surface area contributed by atoms with E-state index in [1.807, 2.05) is 6.08 Å². The van der Waals surface area contributed by atoms with E-state index in [0.29, 0.717) is 12.1 Å². The molecule has 0 amide bonds. The second-order valence-electron chi connectivity index (χ2n) is 2.85. The third kappa shape index (κ3) is 2.47. The van der Waals surface area contributed by atoms with Crippen molar-refractivity contribution in [3.63, 3.8) is 0 Å². The average molecular weight is 215 g/mol. The maximum absolute atomic E-state index is 13.2. The molecule has 14 heavy (non-hydrogen) atoms. The summed E-state index contributed by atoms with van der Waals surface area (Å²) in [5.41, 5.74) is 11.3. The Kier molecular flexibility index (Phi) is 3.92. The SMILES string of the molecule is NCCC=Cc1ccc(N)c(F)c1Cl. The molecule has 0 spiro atoms. The summed E-state index contributed by atoms with van der Waals surface area (Å²) in [6, 6.07) is 3.16. The number of rotatable bonds is 3. The monoisotopic (exact) mass is 214 g/mol. The predicted octanol–water partition coefficient (Wildman–Crippen LogP) is 2.42. The maximum Gasteiger partial charge on any atom is 0.165 e. The lowest BCUT2D eigenvalue weighted by molar-refractivity contribution is 0.632. The van der Waals surface area contributed by atoms with Crippen LogP contribution in [0, 0.1) is 5.82 Å². The summed E-state index contributed by atoms with van der Waals surface area (Å²) < 4.78 is 13.2. The molecule has 0 aromatic heterocycles. The molecule has 0 saturated heterocycles. The summed E-state index contributed by atoms with van der Waals surface area (Å²) in [4.78, 5) is 0. The minimum atomic E-state index is -0.568. The molecule has 0 bridgehead atoms. The van der Waals surface area contributed by atoms with E-state index in [9.17, 15) is 4.39 Å². The summed E-state index contributed by atoms with van der Waals surface area (Å²) >= 11 is 5.74. The van der Waals surface area contributed by atoms with Crippen molar-refractivity contribution in [1.82, 2.24) is 0 Å². The van der Waals surface area contributed by atoms with Crippen LogP contribution >= 0.6 is 11.6 Å². The fraction of sp³-hybridized carbons (Fsp3) is 0.200. The zero-order chi connectivity index (χ0) is 10.6. The highest BCUT2D eigenvalue weighted by Gasteiger charge is 2.06. The fourth-order valence-corrected chi connectivity index (χ4v) is 1.25. The molecule has 76 valence electrons. The van der Waals surface area contributed by atoms with E-state index >= 15 is 0 Å². The number of anilines is 1. The molecule has 0 atom stereocenters. The van der Waals surface area contributed by atoms with Crippen LogP contribution < -0.4 is 11.5 Å². The predicted molar refractivity (Wildman–Crippen MR) is 58.5 cm³/mol. The molecule has 0 saturated carbocycles. The Morgan fingerprint density at radius 3 is 2.79 bits per heavy atom. The largest absolute Gasteiger partial charge is 0.396 e. The van der Waals surface area contributed by atoms with Gasteiger partial charge in [0.1, 0.15) is 0 Å². The summed E-state index contributed by atoms with van der Waals surface area (Å²) in [5.74, 6) is -0.568. The van der Waals surface area contributed by atoms with Crippen molar-refractivity contribution >= 4 is 23.4 Å². The molecule has 1 aromatic rings. The number of nitrogen functional groups attached to an aromatic ring is 1. The van der Waals surface area contributed by atoms with Gasteiger partial charge in [0.2, 0.25) is 0 Å². The van der Waals surface area contributed by atoms with E-state index in [2.05, 4.69) is 0 Å². The molecular formula is C10H12ClFN2. The Labute approximate surface area is 87.4 Å². The van der Waals surface area contributed by atoms with Crippen LogP contribution in [-0.2, 0) is 0 Å². The Morgan fingerprint density at radius 1 is 1.43 bits per heavy atom. The van der Waals surface area contributed by atoms with E-state index in [1.165, 1.54) is 6.07 Å². The highest BCUT2D eigenvalue weighted by atomic mass is 35.5. The molecular weight excluding hydrogens is 203 g/mol. The number of nitrogens with two attached hydrogens (primary N) is 2. The lowest BCUT2D eigenvalue weighted by Crippen LogP contribution is -1.95. The first kappa shape index (κ1) is 11.0. The highest BCUT2D eigenvalue weighted by Crippen LogP contribution is 2.25. The summed E-state index contributed by atoms with van der Waals surface area (Å²) in [7, 11) is 0. The van der Waals surface area contributed by atoms with E-state index < -0.39 is 5.82 Å². The van der Waals surface area contributed by atoms with Gasteiger partial charge in [0.25, 0.3) is 0 Å². The molecule has 0 aliphatic rings. The molecule has 1 aromatic carbocycles. The van der Waals surface area contributed by atoms with E-state index in [-0.39, 0.29) is 10.7 Å². The third-order valence-corrected chi connectivity index (χ3v) is 2.16. The molecule has 0 heterocycles. The van der Waals surface area contributed by atoms with Gasteiger partial charge in [-0.2, -0.15) is 0 Å². The Hall–Kier alpha value is -1.06. The quantitative estimate of drug-likeness (QED) is 0.760. The first-order chi connectivity index (χ1) is 6.66. The standard InChI is InChI=1S/C10H12ClFN2/c11-9-7(3-1-2-6-13)4-5-8(14)10(9)12/h1,3-5H,2,6,13-14H2. The van der Waals surface area contributed by atoms with Gasteiger partial charge in [-0.15, -0.1) is 0 Å². The normalized spacial score (nSPS) is 11.1. The topological polar surface area (TPSA) is 52.0 Å². The number of benzene rings is 1. The summed E-state index contributed by atoms with van der Waals surface area (Å²) in [6.45, 7) is 0.561. The minimum Gasteiger partial charge on any atom is -0.396 e. The number of hydrogen-bond donors (Lipinski definition) is 2. The van der Waals surface area contributed by atoms with Gasteiger partial charge in [0.05, 0.1) is 10.7 Å². The summed E-state index contributed by atoms with van der Waals surface area (Å²) in [6.07, 6.45) is 4.32. The zero-order valence-electron chi connectivity index (χ0n) is 7.63. The molecule has 4 N–H and O–H groups in total. The Bertz CT molecular complexity index is 350. The van der Waals surface area contributed by atoms with Gasteiger partial charge in [0.15, 0.2) is 5.82 Å². The minimum absolute atomic E-state index is 0.0540. The fourth-order valence-electron chi connectivity index (χ4n) is 1.01. The maximum atomic E-state index is 13.2. The molecule has 1 rings (SSSR count). The van der Waals surface area contributed by atoms with Crippen LogP contribution in [0.5, 0.6) is 0 Å². The van der Waals surface area contributed by atoms with Crippen LogP contribution in [0.3, 0.4) is 0 Å². The van der Waals surface area contributed by atoms with Crippen molar-refractivity contribution in [3.8, 4) is 0 Å². The lowest BCUT2D eigenvalue weighted by Gasteiger charge is -2.02. The molecule has 0 fully saturated rings. The van der Waals surface area contributed by atoms with Gasteiger partial charge >= 0.3 is 0 Å². The van der Waals surface area contributed by atoms with E-state index in [4.69, 9.17) is 23.1 Å². The molecule has 0 radical (unpaired) electrons. The van der Waals surface area contributed by atoms with Crippen LogP contribution in [0.4, 0.5) is 10.1 Å². The smallest absolute Gasteiger partial charge is 0.165 e. The van der Waals surface area contributed by atoms with Crippen molar-refractivity contribution in [3.05, 3.63) is 34.6 Å². The Balaban J connectivity index is 2.94. The molecule has 0 unspecified atom stereocenters. The third-order valence-electron chi connectivity index (χ3n) is 1.77. The van der Waals surface area contributed by atoms with Crippen molar-refractivity contribution in [2.24, 2.45) is 5.73 Å². The molecule has 4 heteroatoms. The van der Waals surface area contributed by atoms with Crippen LogP contribution in [0.1, 0.15) is 12.0 Å². The number of hydrogen-bond acceptors (Lipinski definition) is 2. The van der Waals surface area contributed by atoms with E-state index in [0.717, 1.165) is 6.42 Å². The van der Waals surface area contributed by atoms with Crippen LogP contribution in [-0.4, -0.2) is 6.54 Å². The van der Waals surface area contributed by atoms with Gasteiger partial charge in [-0.3, -0.25) is 0 Å². The first-order valence-electron chi connectivity index (χ1n) is 4.27. The van der Waals surface area contributed by atoms with Gasteiger partial charge in [0, 0.05) is 0 Å². The van der Waals surface area contributed by atoms with Gasteiger partial charge in [-0.1, -0.05) is 29.8 Å². The van der Waals surface area contributed by atoms with Gasteiger partial charge < -0.3 is 11.5 Å². The van der Waals surface area contributed by atoms with Crippen molar-refractivity contribution in [2.45, 2.75) is 6.42 Å². The van der Waals surface area contributed by atoms with Crippen molar-refractivity contribution in [1.29, 1.82) is 0 Å². The molecule has 0 aliphatic carbocycles. The summed E-state index contributed by atoms with van der Waals surface area (Å²) in [5, 5.41) is 0.0540. The molecule has 2 nitrogen and oxygen atoms in total. The Morgan fingerprint density at radius 2 is 2.14 bits per heavy atom. The second kappa shape index (κ2) is 4.98. The second-order valence-corrected chi connectivity index (χ2v) is 3.23. The molecule has 0 aliphatic heterocycles. The van der Waals surface area contributed by atoms with Crippen molar-refractivity contribution in [2.75, 3.05) is 12.3 Å². The van der Waals surface area contributed by atoms with Gasteiger partial charge in [-0.25, -0.2) is 4.39 Å². The first-order valence-corrected chi connectivity index (χ1v) is 4.64. The van der Waals surface area contributed by atoms with E-state index in [1.54, 1.807) is 12.1 Å². The number of halogens is 2.